The quantitative estimate of drug-likeness (QED) is 0.480. The molecule has 0 aliphatic carbocycles. The molecule has 140 valence electrons. The van der Waals surface area contributed by atoms with E-state index < -0.39 is 0 Å². The van der Waals surface area contributed by atoms with Crippen molar-refractivity contribution in [3.8, 4) is 11.4 Å². The maximum atomic E-state index is 5.72. The molecule has 0 bridgehead atoms. The van der Waals surface area contributed by atoms with Crippen molar-refractivity contribution in [3.63, 3.8) is 0 Å². The average molecular weight is 391 g/mol. The normalized spacial score (nSPS) is 16.6. The van der Waals surface area contributed by atoms with Gasteiger partial charge in [-0.05, 0) is 53.2 Å². The largest absolute Gasteiger partial charge is 0.376 e. The van der Waals surface area contributed by atoms with Gasteiger partial charge >= 0.3 is 0 Å². The maximum Gasteiger partial charge on any atom is 0.215 e. The smallest absolute Gasteiger partial charge is 0.215 e. The number of hydrogen-bond acceptors (Lipinski definition) is 8. The maximum absolute atomic E-state index is 5.72. The fraction of sp³-hybridized carbons (Fsp3) is 0.263. The summed E-state index contributed by atoms with van der Waals surface area (Å²) in [5, 5.41) is 14.7. The number of hydrogen-bond donors (Lipinski definition) is 0. The van der Waals surface area contributed by atoms with E-state index in [1.165, 1.54) is 11.8 Å². The number of para-hydroxylation sites is 1. The first-order valence-corrected chi connectivity index (χ1v) is 9.91. The lowest BCUT2D eigenvalue weighted by Crippen LogP contribution is -2.16. The SMILES string of the molecule is c1cncc(-c2nc(Sc3nnnn3C[C@H]3CCCO3)c3ccccc3n2)c1. The van der Waals surface area contributed by atoms with E-state index in [2.05, 4.69) is 20.5 Å². The van der Waals surface area contributed by atoms with Crippen LogP contribution >= 0.6 is 11.8 Å². The zero-order valence-corrected chi connectivity index (χ0v) is 15.8. The highest BCUT2D eigenvalue weighted by Gasteiger charge is 2.20. The molecule has 1 aliphatic rings. The van der Waals surface area contributed by atoms with Gasteiger partial charge in [0.25, 0.3) is 0 Å². The first kappa shape index (κ1) is 17.2. The number of benzene rings is 1. The van der Waals surface area contributed by atoms with Gasteiger partial charge in [0.1, 0.15) is 5.03 Å². The van der Waals surface area contributed by atoms with Crippen molar-refractivity contribution in [2.24, 2.45) is 0 Å². The Morgan fingerprint density at radius 3 is 2.96 bits per heavy atom. The van der Waals surface area contributed by atoms with Gasteiger partial charge in [0.15, 0.2) is 5.82 Å². The minimum atomic E-state index is 0.163. The molecule has 3 aromatic heterocycles. The van der Waals surface area contributed by atoms with Gasteiger partial charge in [-0.3, -0.25) is 4.98 Å². The van der Waals surface area contributed by atoms with Crippen LogP contribution in [0.15, 0.2) is 59.0 Å². The molecule has 0 unspecified atom stereocenters. The van der Waals surface area contributed by atoms with Crippen molar-refractivity contribution in [2.45, 2.75) is 35.7 Å². The number of fused-ring (bicyclic) bond motifs is 1. The van der Waals surface area contributed by atoms with Gasteiger partial charge in [-0.15, -0.1) is 5.10 Å². The molecular formula is C19H17N7OS. The highest BCUT2D eigenvalue weighted by atomic mass is 32.2. The monoisotopic (exact) mass is 391 g/mol. The molecule has 0 amide bonds. The van der Waals surface area contributed by atoms with Crippen LogP contribution in [0.25, 0.3) is 22.3 Å². The summed E-state index contributed by atoms with van der Waals surface area (Å²) in [6, 6.07) is 11.8. The van der Waals surface area contributed by atoms with Crippen LogP contribution < -0.4 is 0 Å². The van der Waals surface area contributed by atoms with Crippen LogP contribution in [-0.4, -0.2) is 47.9 Å². The number of nitrogens with zero attached hydrogens (tertiary/aromatic N) is 7. The summed E-state index contributed by atoms with van der Waals surface area (Å²) in [5.41, 5.74) is 1.74. The second-order valence-corrected chi connectivity index (χ2v) is 7.45. The van der Waals surface area contributed by atoms with Crippen molar-refractivity contribution in [2.75, 3.05) is 6.61 Å². The van der Waals surface area contributed by atoms with Gasteiger partial charge in [-0.2, -0.15) is 0 Å². The van der Waals surface area contributed by atoms with Crippen molar-refractivity contribution in [1.29, 1.82) is 0 Å². The predicted octanol–water partition coefficient (Wildman–Crippen LogP) is 3.01. The van der Waals surface area contributed by atoms with E-state index in [1.807, 2.05) is 36.4 Å². The molecule has 0 saturated carbocycles. The average Bonchev–Trinajstić information content (AvgIpc) is 3.41. The van der Waals surface area contributed by atoms with Crippen molar-refractivity contribution < 1.29 is 4.74 Å². The van der Waals surface area contributed by atoms with Crippen LogP contribution in [-0.2, 0) is 11.3 Å². The Bertz CT molecular complexity index is 1100. The van der Waals surface area contributed by atoms with Crippen molar-refractivity contribution >= 4 is 22.7 Å². The molecule has 4 aromatic rings. The molecular weight excluding hydrogens is 374 g/mol. The van der Waals surface area contributed by atoms with Gasteiger partial charge in [-0.1, -0.05) is 18.2 Å². The fourth-order valence-electron chi connectivity index (χ4n) is 3.20. The Kier molecular flexibility index (Phi) is 4.67. The molecule has 1 fully saturated rings. The molecule has 1 aliphatic heterocycles. The second-order valence-electron chi connectivity index (χ2n) is 6.49. The number of pyridine rings is 1. The standard InChI is InChI=1S/C19H17N7OS/c1-2-8-16-15(7-1)18(22-17(21-16)13-5-3-9-20-11-13)28-19-23-24-25-26(19)12-14-6-4-10-27-14/h1-3,5,7-9,11,14H,4,6,10,12H2/t14-/m1/s1. The summed E-state index contributed by atoms with van der Waals surface area (Å²) in [7, 11) is 0. The zero-order valence-electron chi connectivity index (χ0n) is 15.0. The molecule has 4 heterocycles. The molecule has 0 N–H and O–H groups in total. The molecule has 5 rings (SSSR count). The number of rotatable bonds is 5. The van der Waals surface area contributed by atoms with Gasteiger partial charge in [-0.25, -0.2) is 14.6 Å². The molecule has 1 aromatic carbocycles. The summed E-state index contributed by atoms with van der Waals surface area (Å²) < 4.78 is 7.51. The lowest BCUT2D eigenvalue weighted by molar-refractivity contribution is 0.0912. The third kappa shape index (κ3) is 3.46. The van der Waals surface area contributed by atoms with Crippen LogP contribution in [0.3, 0.4) is 0 Å². The Balaban J connectivity index is 1.53. The minimum absolute atomic E-state index is 0.163. The molecule has 9 heteroatoms. The highest BCUT2D eigenvalue weighted by Crippen LogP contribution is 2.32. The topological polar surface area (TPSA) is 91.5 Å². The van der Waals surface area contributed by atoms with Crippen molar-refractivity contribution in [1.82, 2.24) is 35.2 Å². The van der Waals surface area contributed by atoms with E-state index in [9.17, 15) is 0 Å². The third-order valence-corrected chi connectivity index (χ3v) is 5.56. The fourth-order valence-corrected chi connectivity index (χ4v) is 4.08. The second kappa shape index (κ2) is 7.61. The van der Waals surface area contributed by atoms with Crippen LogP contribution in [0.4, 0.5) is 0 Å². The number of tetrazole rings is 1. The van der Waals surface area contributed by atoms with Gasteiger partial charge in [0.2, 0.25) is 5.16 Å². The summed E-state index contributed by atoms with van der Waals surface area (Å²) in [6.07, 6.45) is 5.78. The van der Waals surface area contributed by atoms with Gasteiger partial charge in [0.05, 0.1) is 18.2 Å². The summed E-state index contributed by atoms with van der Waals surface area (Å²) in [6.45, 7) is 1.45. The minimum Gasteiger partial charge on any atom is -0.376 e. The number of ether oxygens (including phenoxy) is 1. The van der Waals surface area contributed by atoms with Gasteiger partial charge < -0.3 is 4.74 Å². The summed E-state index contributed by atoms with van der Waals surface area (Å²) in [5.74, 6) is 0.632. The lowest BCUT2D eigenvalue weighted by Gasteiger charge is -2.11. The van der Waals surface area contributed by atoms with Crippen LogP contribution in [0.2, 0.25) is 0 Å². The van der Waals surface area contributed by atoms with Crippen LogP contribution in [0, 0.1) is 0 Å². The Morgan fingerprint density at radius 1 is 1.14 bits per heavy atom. The predicted molar refractivity (Wildman–Crippen MR) is 104 cm³/mol. The molecule has 8 nitrogen and oxygen atoms in total. The van der Waals surface area contributed by atoms with E-state index in [-0.39, 0.29) is 6.10 Å². The highest BCUT2D eigenvalue weighted by molar-refractivity contribution is 7.99. The summed E-state index contributed by atoms with van der Waals surface area (Å²) >= 11 is 1.44. The van der Waals surface area contributed by atoms with Crippen LogP contribution in [0.1, 0.15) is 12.8 Å². The van der Waals surface area contributed by atoms with E-state index in [1.54, 1.807) is 17.1 Å². The van der Waals surface area contributed by atoms with E-state index in [4.69, 9.17) is 14.7 Å². The van der Waals surface area contributed by atoms with E-state index in [0.29, 0.717) is 17.5 Å². The number of aromatic nitrogens is 7. The Morgan fingerprint density at radius 2 is 2.11 bits per heavy atom. The van der Waals surface area contributed by atoms with Crippen molar-refractivity contribution in [3.05, 3.63) is 48.8 Å². The lowest BCUT2D eigenvalue weighted by atomic mass is 10.2. The first-order valence-electron chi connectivity index (χ1n) is 9.09. The molecule has 0 radical (unpaired) electrons. The van der Waals surface area contributed by atoms with Gasteiger partial charge in [0, 0.05) is 30.0 Å². The molecule has 0 spiro atoms. The zero-order chi connectivity index (χ0) is 18.8. The molecule has 28 heavy (non-hydrogen) atoms. The Labute approximate surface area is 165 Å². The third-order valence-electron chi connectivity index (χ3n) is 4.58. The molecule has 1 atom stereocenters. The summed E-state index contributed by atoms with van der Waals surface area (Å²) in [4.78, 5) is 13.7. The van der Waals surface area contributed by atoms with E-state index >= 15 is 0 Å². The Hall–Kier alpha value is -2.91. The molecule has 1 saturated heterocycles. The van der Waals surface area contributed by atoms with E-state index in [0.717, 1.165) is 40.9 Å². The first-order chi connectivity index (χ1) is 13.9. The van der Waals surface area contributed by atoms with Crippen LogP contribution in [0.5, 0.6) is 0 Å².